The first-order chi connectivity index (χ1) is 18.6. The summed E-state index contributed by atoms with van der Waals surface area (Å²) in [4.78, 5) is 18.5. The van der Waals surface area contributed by atoms with E-state index in [4.69, 9.17) is 11.6 Å². The molecular weight excluding hydrogens is 541 g/mol. The quantitative estimate of drug-likeness (QED) is 0.309. The molecule has 4 aromatic rings. The van der Waals surface area contributed by atoms with Crippen molar-refractivity contribution in [2.24, 2.45) is 18.4 Å². The lowest BCUT2D eigenvalue weighted by Crippen LogP contribution is -2.43. The van der Waals surface area contributed by atoms with Crippen LogP contribution >= 0.6 is 11.6 Å². The van der Waals surface area contributed by atoms with Crippen LogP contribution < -0.4 is 0 Å². The van der Waals surface area contributed by atoms with E-state index in [1.807, 2.05) is 6.08 Å². The van der Waals surface area contributed by atoms with Gasteiger partial charge in [-0.25, -0.2) is 17.5 Å². The number of aromatic nitrogens is 5. The Morgan fingerprint density at radius 3 is 2.72 bits per heavy atom. The molecule has 1 unspecified atom stereocenters. The molecular formula is C28H25ClFN5O3S. The Labute approximate surface area is 230 Å². The second-order valence-corrected chi connectivity index (χ2v) is 12.7. The number of carbonyl (C=O) groups is 1. The fourth-order valence-electron chi connectivity index (χ4n) is 5.87. The number of rotatable bonds is 6. The van der Waals surface area contributed by atoms with Crippen LogP contribution in [-0.2, 0) is 23.3 Å². The molecule has 0 spiro atoms. The third-order valence-electron chi connectivity index (χ3n) is 7.69. The smallest absolute Gasteiger partial charge is 0.197 e. The van der Waals surface area contributed by atoms with Gasteiger partial charge < -0.3 is 0 Å². The van der Waals surface area contributed by atoms with E-state index in [0.717, 1.165) is 16.8 Å². The molecule has 0 saturated heterocycles. The Bertz CT molecular complexity index is 1730. The number of benzene rings is 1. The van der Waals surface area contributed by atoms with Gasteiger partial charge in [0, 0.05) is 24.5 Å². The molecule has 0 radical (unpaired) electrons. The van der Waals surface area contributed by atoms with Crippen molar-refractivity contribution in [3.8, 4) is 5.69 Å². The second-order valence-electron chi connectivity index (χ2n) is 10.3. The SMILES string of the molecule is Cn1ccc(S(=O)(=O)CC2CCC3=Cc4c(cnn4-c4ccc(F)cc4)C[C@]3(C(=O)c3cc(Cl)ccn3)C2)n1. The van der Waals surface area contributed by atoms with Gasteiger partial charge in [-0.1, -0.05) is 17.2 Å². The number of ketones is 1. The van der Waals surface area contributed by atoms with Crippen LogP contribution in [0.15, 0.2) is 71.7 Å². The van der Waals surface area contributed by atoms with Crippen molar-refractivity contribution in [2.45, 2.75) is 30.7 Å². The van der Waals surface area contributed by atoms with Crippen molar-refractivity contribution in [3.63, 3.8) is 0 Å². The number of halogens is 2. The number of nitrogens with zero attached hydrogens (tertiary/aromatic N) is 5. The molecule has 0 amide bonds. The number of aryl methyl sites for hydroxylation is 1. The minimum atomic E-state index is -3.64. The predicted octanol–water partition coefficient (Wildman–Crippen LogP) is 4.88. The van der Waals surface area contributed by atoms with E-state index < -0.39 is 15.3 Å². The highest BCUT2D eigenvalue weighted by atomic mass is 35.5. The van der Waals surface area contributed by atoms with Crippen LogP contribution in [0.3, 0.4) is 0 Å². The van der Waals surface area contributed by atoms with Gasteiger partial charge in [0.2, 0.25) is 0 Å². The lowest BCUT2D eigenvalue weighted by atomic mass is 9.59. The number of allylic oxidation sites excluding steroid dienone is 1. The number of pyridine rings is 1. The number of hydrogen-bond donors (Lipinski definition) is 0. The molecule has 2 aliphatic carbocycles. The van der Waals surface area contributed by atoms with Crippen molar-refractivity contribution in [3.05, 3.63) is 94.4 Å². The summed E-state index contributed by atoms with van der Waals surface area (Å²) < 4.78 is 43.1. The zero-order valence-corrected chi connectivity index (χ0v) is 22.7. The summed E-state index contributed by atoms with van der Waals surface area (Å²) in [6.07, 6.45) is 8.66. The van der Waals surface area contributed by atoms with Crippen molar-refractivity contribution in [2.75, 3.05) is 5.75 Å². The van der Waals surface area contributed by atoms with Crippen LogP contribution in [-0.4, -0.2) is 44.5 Å². The fraction of sp³-hybridized carbons (Fsp3) is 0.286. The van der Waals surface area contributed by atoms with E-state index in [1.165, 1.54) is 29.1 Å². The number of carbonyl (C=O) groups excluding carboxylic acids is 1. The molecule has 200 valence electrons. The topological polar surface area (TPSA) is 99.7 Å². The third kappa shape index (κ3) is 4.61. The lowest BCUT2D eigenvalue weighted by molar-refractivity contribution is 0.0763. The van der Waals surface area contributed by atoms with Gasteiger partial charge in [0.25, 0.3) is 0 Å². The Balaban J connectivity index is 1.40. The summed E-state index contributed by atoms with van der Waals surface area (Å²) >= 11 is 6.21. The highest BCUT2D eigenvalue weighted by Gasteiger charge is 2.50. The first-order valence-corrected chi connectivity index (χ1v) is 14.6. The van der Waals surface area contributed by atoms with Gasteiger partial charge in [-0.3, -0.25) is 14.5 Å². The van der Waals surface area contributed by atoms with Gasteiger partial charge in [0.05, 0.1) is 28.7 Å². The van der Waals surface area contributed by atoms with Crippen molar-refractivity contribution in [1.29, 1.82) is 0 Å². The van der Waals surface area contributed by atoms with Gasteiger partial charge >= 0.3 is 0 Å². The van der Waals surface area contributed by atoms with Gasteiger partial charge in [-0.15, -0.1) is 0 Å². The van der Waals surface area contributed by atoms with E-state index in [9.17, 15) is 17.6 Å². The average molecular weight is 566 g/mol. The molecule has 2 atom stereocenters. The van der Waals surface area contributed by atoms with E-state index in [2.05, 4.69) is 15.2 Å². The van der Waals surface area contributed by atoms with Gasteiger partial charge in [-0.2, -0.15) is 10.2 Å². The molecule has 8 nitrogen and oxygen atoms in total. The summed E-state index contributed by atoms with van der Waals surface area (Å²) in [6.45, 7) is 0. The van der Waals surface area contributed by atoms with Crippen LogP contribution in [0.25, 0.3) is 11.8 Å². The maximum atomic E-state index is 14.2. The second kappa shape index (κ2) is 9.53. The number of Topliss-reactive ketones (excluding diaryl/α,β-unsaturated/α-hetero) is 1. The van der Waals surface area contributed by atoms with Crippen molar-refractivity contribution in [1.82, 2.24) is 24.5 Å². The summed E-state index contributed by atoms with van der Waals surface area (Å²) in [5.41, 5.74) is 2.57. The maximum absolute atomic E-state index is 14.2. The molecule has 11 heteroatoms. The summed E-state index contributed by atoms with van der Waals surface area (Å²) in [5.74, 6) is -0.880. The Morgan fingerprint density at radius 2 is 2.00 bits per heavy atom. The number of fused-ring (bicyclic) bond motifs is 2. The number of sulfone groups is 1. The molecule has 3 heterocycles. The van der Waals surface area contributed by atoms with E-state index >= 15 is 0 Å². The maximum Gasteiger partial charge on any atom is 0.197 e. The third-order valence-corrected chi connectivity index (χ3v) is 9.69. The summed E-state index contributed by atoms with van der Waals surface area (Å²) in [5, 5.41) is 9.09. The largest absolute Gasteiger partial charge is 0.291 e. The molecule has 0 bridgehead atoms. The lowest BCUT2D eigenvalue weighted by Gasteiger charge is -2.43. The molecule has 39 heavy (non-hydrogen) atoms. The monoisotopic (exact) mass is 565 g/mol. The zero-order chi connectivity index (χ0) is 27.4. The molecule has 0 N–H and O–H groups in total. The Morgan fingerprint density at radius 1 is 1.21 bits per heavy atom. The standard InChI is InChI=1S/C28H25ClFN5O3S/c1-34-11-9-26(33-34)39(37,38)17-18-2-3-20-12-25-19(16-32-35(25)23-6-4-22(30)5-7-23)15-28(20,14-18)27(36)24-13-21(29)8-10-31-24/h4-13,16,18H,2-3,14-15,17H2,1H3/t18?,28-/m1/s1. The fourth-order valence-corrected chi connectivity index (χ4v) is 7.63. The van der Waals surface area contributed by atoms with E-state index in [1.54, 1.807) is 48.4 Å². The zero-order valence-electron chi connectivity index (χ0n) is 21.1. The summed E-state index contributed by atoms with van der Waals surface area (Å²) in [6, 6.07) is 10.7. The molecule has 3 aromatic heterocycles. The van der Waals surface area contributed by atoms with Crippen LogP contribution in [0.1, 0.15) is 41.0 Å². The molecule has 0 aliphatic heterocycles. The van der Waals surface area contributed by atoms with Crippen LogP contribution in [0.5, 0.6) is 0 Å². The van der Waals surface area contributed by atoms with Gasteiger partial charge in [0.15, 0.2) is 20.6 Å². The molecule has 1 saturated carbocycles. The van der Waals surface area contributed by atoms with Crippen LogP contribution in [0, 0.1) is 17.2 Å². The highest BCUT2D eigenvalue weighted by Crippen LogP contribution is 2.52. The van der Waals surface area contributed by atoms with Crippen molar-refractivity contribution >= 4 is 33.3 Å². The summed E-state index contributed by atoms with van der Waals surface area (Å²) in [7, 11) is -1.97. The highest BCUT2D eigenvalue weighted by molar-refractivity contribution is 7.91. The Kier molecular flexibility index (Phi) is 6.27. The molecule has 1 aromatic carbocycles. The number of hydrogen-bond acceptors (Lipinski definition) is 6. The normalized spacial score (nSPS) is 20.7. The minimum absolute atomic E-state index is 0.0368. The Hall–Kier alpha value is -3.63. The minimum Gasteiger partial charge on any atom is -0.291 e. The van der Waals surface area contributed by atoms with E-state index in [-0.39, 0.29) is 34.0 Å². The average Bonchev–Trinajstić information content (AvgIpc) is 3.53. The van der Waals surface area contributed by atoms with Gasteiger partial charge in [0.1, 0.15) is 11.5 Å². The van der Waals surface area contributed by atoms with Crippen LogP contribution in [0.2, 0.25) is 5.02 Å². The van der Waals surface area contributed by atoms with Gasteiger partial charge in [-0.05, 0) is 85.7 Å². The van der Waals surface area contributed by atoms with Crippen molar-refractivity contribution < 1.29 is 17.6 Å². The van der Waals surface area contributed by atoms with Crippen LogP contribution in [0.4, 0.5) is 4.39 Å². The predicted molar refractivity (Wildman–Crippen MR) is 144 cm³/mol. The molecule has 6 rings (SSSR count). The molecule has 2 aliphatic rings. The molecule has 1 fully saturated rings. The first kappa shape index (κ1) is 25.6. The van der Waals surface area contributed by atoms with E-state index in [0.29, 0.717) is 36.4 Å². The first-order valence-electron chi connectivity index (χ1n) is 12.6.